The van der Waals surface area contributed by atoms with Crippen LogP contribution < -0.4 is 10.7 Å². The van der Waals surface area contributed by atoms with Gasteiger partial charge in [0.15, 0.2) is 0 Å². The number of amides is 1. The Labute approximate surface area is 117 Å². The SMILES string of the molecule is CCCNC(=O)c1ccc(C)c(NN=C(C#N)C#N)c1. The molecule has 0 aromatic heterocycles. The van der Waals surface area contributed by atoms with Gasteiger partial charge in [0.1, 0.15) is 12.1 Å². The summed E-state index contributed by atoms with van der Waals surface area (Å²) in [6.07, 6.45) is 0.862. The van der Waals surface area contributed by atoms with E-state index in [2.05, 4.69) is 15.8 Å². The number of nitriles is 2. The molecule has 0 atom stereocenters. The fraction of sp³-hybridized carbons (Fsp3) is 0.286. The Hall–Kier alpha value is -2.86. The molecule has 20 heavy (non-hydrogen) atoms. The number of carbonyl (C=O) groups is 1. The highest BCUT2D eigenvalue weighted by Gasteiger charge is 2.07. The van der Waals surface area contributed by atoms with Gasteiger partial charge in [-0.05, 0) is 31.0 Å². The van der Waals surface area contributed by atoms with Crippen molar-refractivity contribution < 1.29 is 4.79 Å². The number of carbonyl (C=O) groups excluding carboxylic acids is 1. The summed E-state index contributed by atoms with van der Waals surface area (Å²) in [6.45, 7) is 4.42. The maximum atomic E-state index is 11.8. The second kappa shape index (κ2) is 7.55. The molecular weight excluding hydrogens is 254 g/mol. The largest absolute Gasteiger partial charge is 0.352 e. The number of aryl methyl sites for hydroxylation is 1. The molecule has 6 heteroatoms. The van der Waals surface area contributed by atoms with E-state index in [-0.39, 0.29) is 11.6 Å². The van der Waals surface area contributed by atoms with Gasteiger partial charge in [0, 0.05) is 12.1 Å². The van der Waals surface area contributed by atoms with Crippen molar-refractivity contribution in [3.8, 4) is 12.1 Å². The smallest absolute Gasteiger partial charge is 0.251 e. The van der Waals surface area contributed by atoms with E-state index >= 15 is 0 Å². The Morgan fingerprint density at radius 2 is 2.05 bits per heavy atom. The molecule has 0 unspecified atom stereocenters. The fourth-order valence-corrected chi connectivity index (χ4v) is 1.42. The molecule has 0 heterocycles. The number of nitrogens with zero attached hydrogens (tertiary/aromatic N) is 3. The second-order valence-corrected chi connectivity index (χ2v) is 4.08. The van der Waals surface area contributed by atoms with Crippen LogP contribution in [0.5, 0.6) is 0 Å². The summed E-state index contributed by atoms with van der Waals surface area (Å²) in [6, 6.07) is 8.43. The van der Waals surface area contributed by atoms with Gasteiger partial charge in [0.2, 0.25) is 5.71 Å². The third-order valence-electron chi connectivity index (χ3n) is 2.54. The van der Waals surface area contributed by atoms with Crippen LogP contribution in [0.3, 0.4) is 0 Å². The summed E-state index contributed by atoms with van der Waals surface area (Å²) < 4.78 is 0. The Bertz CT molecular complexity index is 591. The first-order valence-electron chi connectivity index (χ1n) is 6.15. The van der Waals surface area contributed by atoms with E-state index in [4.69, 9.17) is 10.5 Å². The van der Waals surface area contributed by atoms with Crippen LogP contribution in [0.4, 0.5) is 5.69 Å². The number of hydrogen-bond donors (Lipinski definition) is 2. The molecule has 2 N–H and O–H groups in total. The summed E-state index contributed by atoms with van der Waals surface area (Å²) in [5.41, 5.74) is 4.29. The third kappa shape index (κ3) is 4.11. The molecule has 0 saturated heterocycles. The number of rotatable bonds is 5. The van der Waals surface area contributed by atoms with E-state index in [1.807, 2.05) is 13.8 Å². The fourth-order valence-electron chi connectivity index (χ4n) is 1.42. The van der Waals surface area contributed by atoms with Gasteiger partial charge in [-0.15, -0.1) is 0 Å². The molecule has 0 aliphatic heterocycles. The normalized spacial score (nSPS) is 9.00. The highest BCUT2D eigenvalue weighted by molar-refractivity contribution is 6.10. The zero-order chi connectivity index (χ0) is 15.0. The highest BCUT2D eigenvalue weighted by Crippen LogP contribution is 2.17. The van der Waals surface area contributed by atoms with Crippen LogP contribution in [0.2, 0.25) is 0 Å². The van der Waals surface area contributed by atoms with E-state index < -0.39 is 0 Å². The third-order valence-corrected chi connectivity index (χ3v) is 2.54. The molecule has 1 amide bonds. The molecule has 0 aliphatic carbocycles. The van der Waals surface area contributed by atoms with E-state index in [0.29, 0.717) is 17.8 Å². The van der Waals surface area contributed by atoms with Crippen LogP contribution in [0.25, 0.3) is 0 Å². The second-order valence-electron chi connectivity index (χ2n) is 4.08. The molecule has 1 aromatic rings. The van der Waals surface area contributed by atoms with Gasteiger partial charge in [-0.2, -0.15) is 15.6 Å². The number of benzene rings is 1. The topological polar surface area (TPSA) is 101 Å². The zero-order valence-corrected chi connectivity index (χ0v) is 11.4. The minimum Gasteiger partial charge on any atom is -0.352 e. The maximum Gasteiger partial charge on any atom is 0.251 e. The van der Waals surface area contributed by atoms with Gasteiger partial charge in [0.05, 0.1) is 5.69 Å². The van der Waals surface area contributed by atoms with Crippen molar-refractivity contribution >= 4 is 17.3 Å². The molecule has 1 aromatic carbocycles. The number of hydrogen-bond acceptors (Lipinski definition) is 5. The summed E-state index contributed by atoms with van der Waals surface area (Å²) in [7, 11) is 0. The van der Waals surface area contributed by atoms with E-state index in [9.17, 15) is 4.79 Å². The zero-order valence-electron chi connectivity index (χ0n) is 11.4. The van der Waals surface area contributed by atoms with Crippen molar-refractivity contribution in [2.45, 2.75) is 20.3 Å². The van der Waals surface area contributed by atoms with Crippen LogP contribution in [0.1, 0.15) is 29.3 Å². The lowest BCUT2D eigenvalue weighted by Crippen LogP contribution is -2.24. The van der Waals surface area contributed by atoms with E-state index in [1.165, 1.54) is 0 Å². The van der Waals surface area contributed by atoms with Crippen LogP contribution in [0, 0.1) is 29.6 Å². The number of hydrazone groups is 1. The lowest BCUT2D eigenvalue weighted by atomic mass is 10.1. The van der Waals surface area contributed by atoms with Crippen molar-refractivity contribution in [3.05, 3.63) is 29.3 Å². The Morgan fingerprint density at radius 1 is 1.35 bits per heavy atom. The first-order chi connectivity index (χ1) is 9.62. The van der Waals surface area contributed by atoms with Crippen LogP contribution >= 0.6 is 0 Å². The first kappa shape index (κ1) is 15.2. The molecule has 0 spiro atoms. The van der Waals surface area contributed by atoms with Gasteiger partial charge in [-0.3, -0.25) is 10.2 Å². The molecule has 0 saturated carbocycles. The molecule has 0 bridgehead atoms. The van der Waals surface area contributed by atoms with Crippen LogP contribution in [0.15, 0.2) is 23.3 Å². The van der Waals surface area contributed by atoms with Crippen molar-refractivity contribution in [1.29, 1.82) is 10.5 Å². The van der Waals surface area contributed by atoms with E-state index in [1.54, 1.807) is 30.3 Å². The van der Waals surface area contributed by atoms with Gasteiger partial charge in [-0.25, -0.2) is 0 Å². The quantitative estimate of drug-likeness (QED) is 0.630. The predicted octanol–water partition coefficient (Wildman–Crippen LogP) is 1.95. The number of anilines is 1. The summed E-state index contributed by atoms with van der Waals surface area (Å²) in [5, 5.41) is 23.7. The van der Waals surface area contributed by atoms with Gasteiger partial charge in [0.25, 0.3) is 5.91 Å². The molecule has 102 valence electrons. The average molecular weight is 269 g/mol. The molecular formula is C14H15N5O. The number of nitrogens with one attached hydrogen (secondary N) is 2. The summed E-state index contributed by atoms with van der Waals surface area (Å²) >= 11 is 0. The highest BCUT2D eigenvalue weighted by atomic mass is 16.1. The minimum absolute atomic E-state index is 0.167. The Balaban J connectivity index is 2.93. The standard InChI is InChI=1S/C14H15N5O/c1-3-6-17-14(20)11-5-4-10(2)13(7-11)19-18-12(8-15)9-16/h4-5,7,19H,3,6H2,1-2H3,(H,17,20). The summed E-state index contributed by atoms with van der Waals surface area (Å²) in [5.74, 6) is -0.167. The summed E-state index contributed by atoms with van der Waals surface area (Å²) in [4.78, 5) is 11.8. The van der Waals surface area contributed by atoms with Crippen molar-refractivity contribution in [2.75, 3.05) is 12.0 Å². The molecule has 1 rings (SSSR count). The lowest BCUT2D eigenvalue weighted by molar-refractivity contribution is 0.0953. The van der Waals surface area contributed by atoms with Gasteiger partial charge >= 0.3 is 0 Å². The molecule has 0 aliphatic rings. The van der Waals surface area contributed by atoms with Gasteiger partial charge < -0.3 is 5.32 Å². The molecule has 0 radical (unpaired) electrons. The maximum absolute atomic E-state index is 11.8. The lowest BCUT2D eigenvalue weighted by Gasteiger charge is -2.08. The first-order valence-corrected chi connectivity index (χ1v) is 6.15. The van der Waals surface area contributed by atoms with Crippen molar-refractivity contribution in [2.24, 2.45) is 5.10 Å². The molecule has 6 nitrogen and oxygen atoms in total. The van der Waals surface area contributed by atoms with Gasteiger partial charge in [-0.1, -0.05) is 13.0 Å². The Morgan fingerprint density at radius 3 is 2.65 bits per heavy atom. The minimum atomic E-state index is -0.273. The Kier molecular flexibility index (Phi) is 5.74. The van der Waals surface area contributed by atoms with Crippen LogP contribution in [-0.2, 0) is 0 Å². The molecule has 0 fully saturated rings. The van der Waals surface area contributed by atoms with Crippen LogP contribution in [-0.4, -0.2) is 18.2 Å². The average Bonchev–Trinajstić information content (AvgIpc) is 2.47. The van der Waals surface area contributed by atoms with Crippen molar-refractivity contribution in [3.63, 3.8) is 0 Å². The van der Waals surface area contributed by atoms with Crippen molar-refractivity contribution in [1.82, 2.24) is 5.32 Å². The van der Waals surface area contributed by atoms with E-state index in [0.717, 1.165) is 12.0 Å². The monoisotopic (exact) mass is 269 g/mol. The predicted molar refractivity (Wildman–Crippen MR) is 76.1 cm³/mol.